The van der Waals surface area contributed by atoms with Gasteiger partial charge in [0.1, 0.15) is 0 Å². The molecule has 2 aromatic rings. The Balaban J connectivity index is 1.50. The van der Waals surface area contributed by atoms with Crippen molar-refractivity contribution in [2.75, 3.05) is 13.1 Å². The number of rotatable bonds is 5. The van der Waals surface area contributed by atoms with E-state index < -0.39 is 0 Å². The van der Waals surface area contributed by atoms with Crippen molar-refractivity contribution in [3.63, 3.8) is 0 Å². The lowest BCUT2D eigenvalue weighted by Crippen LogP contribution is -2.46. The lowest BCUT2D eigenvalue weighted by atomic mass is 9.95. The Morgan fingerprint density at radius 1 is 1.12 bits per heavy atom. The number of hydrogen-bond donors (Lipinski definition) is 1. The number of fused-ring (bicyclic) bond motifs is 1. The summed E-state index contributed by atoms with van der Waals surface area (Å²) in [5.74, 6) is 0.666. The van der Waals surface area contributed by atoms with Gasteiger partial charge in [0.25, 0.3) is 0 Å². The molecule has 1 aliphatic heterocycles. The molecule has 1 fully saturated rings. The molecule has 1 unspecified atom stereocenters. The van der Waals surface area contributed by atoms with Crippen molar-refractivity contribution in [1.29, 1.82) is 0 Å². The standard InChI is InChI=1S/C22H27N3O/c26-22(14-19-8-7-18-5-1-2-6-21(18)19)25(20-9-12-23-13-10-20)16-17-4-3-11-24-15-17/h1-6,11,15,19-20,23H,7-10,12-14,16H2. The van der Waals surface area contributed by atoms with Crippen LogP contribution in [0.1, 0.15) is 48.3 Å². The van der Waals surface area contributed by atoms with E-state index in [1.165, 1.54) is 11.1 Å². The summed E-state index contributed by atoms with van der Waals surface area (Å²) >= 11 is 0. The van der Waals surface area contributed by atoms with Crippen molar-refractivity contribution >= 4 is 5.91 Å². The molecule has 4 rings (SSSR count). The van der Waals surface area contributed by atoms with E-state index in [1.807, 2.05) is 12.3 Å². The highest BCUT2D eigenvalue weighted by atomic mass is 16.2. The number of amides is 1. The quantitative estimate of drug-likeness (QED) is 0.901. The first-order valence-electron chi connectivity index (χ1n) is 9.78. The number of hydrogen-bond acceptors (Lipinski definition) is 3. The van der Waals surface area contributed by atoms with E-state index in [0.29, 0.717) is 30.8 Å². The molecule has 1 atom stereocenters. The molecular formula is C22H27N3O. The molecule has 1 amide bonds. The highest BCUT2D eigenvalue weighted by Crippen LogP contribution is 2.36. The summed E-state index contributed by atoms with van der Waals surface area (Å²) in [4.78, 5) is 19.6. The summed E-state index contributed by atoms with van der Waals surface area (Å²) in [7, 11) is 0. The predicted octanol–water partition coefficient (Wildman–Crippen LogP) is 3.28. The minimum Gasteiger partial charge on any atom is -0.335 e. The SMILES string of the molecule is O=C(CC1CCc2ccccc21)N(Cc1cccnc1)C1CCNCC1. The van der Waals surface area contributed by atoms with Crippen LogP contribution in [-0.2, 0) is 17.8 Å². The maximum absolute atomic E-state index is 13.3. The van der Waals surface area contributed by atoms with Crippen molar-refractivity contribution in [1.82, 2.24) is 15.2 Å². The zero-order valence-electron chi connectivity index (χ0n) is 15.2. The van der Waals surface area contributed by atoms with E-state index in [1.54, 1.807) is 6.20 Å². The molecule has 1 aromatic heterocycles. The Bertz CT molecular complexity index is 740. The second kappa shape index (κ2) is 8.00. The van der Waals surface area contributed by atoms with Gasteiger partial charge in [0, 0.05) is 31.4 Å². The lowest BCUT2D eigenvalue weighted by molar-refractivity contribution is -0.135. The Labute approximate surface area is 155 Å². The van der Waals surface area contributed by atoms with Gasteiger partial charge in [0.2, 0.25) is 5.91 Å². The maximum atomic E-state index is 13.3. The van der Waals surface area contributed by atoms with Gasteiger partial charge in [-0.25, -0.2) is 0 Å². The van der Waals surface area contributed by atoms with Gasteiger partial charge in [-0.2, -0.15) is 0 Å². The average Bonchev–Trinajstić information content (AvgIpc) is 3.10. The fourth-order valence-corrected chi connectivity index (χ4v) is 4.41. The van der Waals surface area contributed by atoms with E-state index >= 15 is 0 Å². The van der Waals surface area contributed by atoms with Crippen LogP contribution in [0.5, 0.6) is 0 Å². The molecule has 0 spiro atoms. The van der Waals surface area contributed by atoms with Crippen LogP contribution in [-0.4, -0.2) is 34.9 Å². The van der Waals surface area contributed by atoms with E-state index in [4.69, 9.17) is 0 Å². The Hall–Kier alpha value is -2.20. The Morgan fingerprint density at radius 3 is 2.77 bits per heavy atom. The van der Waals surface area contributed by atoms with Crippen LogP contribution in [0.2, 0.25) is 0 Å². The number of nitrogens with one attached hydrogen (secondary N) is 1. The zero-order chi connectivity index (χ0) is 17.8. The van der Waals surface area contributed by atoms with Crippen LogP contribution < -0.4 is 5.32 Å². The molecule has 0 radical (unpaired) electrons. The van der Waals surface area contributed by atoms with Gasteiger partial charge in [0.05, 0.1) is 0 Å². The molecule has 2 aliphatic rings. The summed E-state index contributed by atoms with van der Waals surface area (Å²) < 4.78 is 0. The van der Waals surface area contributed by atoms with Crippen LogP contribution in [0.4, 0.5) is 0 Å². The van der Waals surface area contributed by atoms with E-state index in [2.05, 4.69) is 45.5 Å². The molecule has 1 saturated heterocycles. The van der Waals surface area contributed by atoms with Gasteiger partial charge in [-0.05, 0) is 67.4 Å². The third-order valence-electron chi connectivity index (χ3n) is 5.82. The summed E-state index contributed by atoms with van der Waals surface area (Å²) in [6.07, 6.45) is 8.56. The first kappa shape index (κ1) is 17.2. The fraction of sp³-hybridized carbons (Fsp3) is 0.455. The molecular weight excluding hydrogens is 322 g/mol. The smallest absolute Gasteiger partial charge is 0.223 e. The van der Waals surface area contributed by atoms with Crippen LogP contribution in [0.25, 0.3) is 0 Å². The van der Waals surface area contributed by atoms with Crippen LogP contribution in [0.3, 0.4) is 0 Å². The fourth-order valence-electron chi connectivity index (χ4n) is 4.41. The minimum atomic E-state index is 0.294. The van der Waals surface area contributed by atoms with E-state index in [9.17, 15) is 4.79 Å². The third-order valence-corrected chi connectivity index (χ3v) is 5.82. The van der Waals surface area contributed by atoms with Crippen LogP contribution >= 0.6 is 0 Å². The molecule has 1 aromatic carbocycles. The van der Waals surface area contributed by atoms with Gasteiger partial charge in [0.15, 0.2) is 0 Å². The second-order valence-electron chi connectivity index (χ2n) is 7.50. The summed E-state index contributed by atoms with van der Waals surface area (Å²) in [5, 5.41) is 3.41. The molecule has 1 N–H and O–H groups in total. The van der Waals surface area contributed by atoms with Crippen molar-refractivity contribution in [2.45, 2.75) is 50.6 Å². The second-order valence-corrected chi connectivity index (χ2v) is 7.50. The monoisotopic (exact) mass is 349 g/mol. The number of carbonyl (C=O) groups excluding carboxylic acids is 1. The van der Waals surface area contributed by atoms with E-state index in [-0.39, 0.29) is 0 Å². The Kier molecular flexibility index (Phi) is 5.30. The van der Waals surface area contributed by atoms with Crippen LogP contribution in [0.15, 0.2) is 48.8 Å². The number of aromatic nitrogens is 1. The number of benzene rings is 1. The zero-order valence-corrected chi connectivity index (χ0v) is 15.2. The van der Waals surface area contributed by atoms with Crippen molar-refractivity contribution in [2.24, 2.45) is 0 Å². The summed E-state index contributed by atoms with van der Waals surface area (Å²) in [6, 6.07) is 13.0. The molecule has 0 bridgehead atoms. The molecule has 2 heterocycles. The maximum Gasteiger partial charge on any atom is 0.223 e. The van der Waals surface area contributed by atoms with E-state index in [0.717, 1.165) is 44.3 Å². The first-order chi connectivity index (χ1) is 12.8. The minimum absolute atomic E-state index is 0.294. The molecule has 136 valence electrons. The molecule has 0 saturated carbocycles. The van der Waals surface area contributed by atoms with Gasteiger partial charge in [-0.15, -0.1) is 0 Å². The summed E-state index contributed by atoms with van der Waals surface area (Å²) in [5.41, 5.74) is 3.92. The van der Waals surface area contributed by atoms with Crippen LogP contribution in [0, 0.1) is 0 Å². The number of aryl methyl sites for hydroxylation is 1. The number of piperidine rings is 1. The third kappa shape index (κ3) is 3.80. The molecule has 4 heteroatoms. The van der Waals surface area contributed by atoms with Gasteiger partial charge < -0.3 is 10.2 Å². The Morgan fingerprint density at radius 2 is 1.96 bits per heavy atom. The normalized spacial score (nSPS) is 19.9. The first-order valence-corrected chi connectivity index (χ1v) is 9.78. The number of nitrogens with zero attached hydrogens (tertiary/aromatic N) is 2. The predicted molar refractivity (Wildman–Crippen MR) is 103 cm³/mol. The highest BCUT2D eigenvalue weighted by molar-refractivity contribution is 5.77. The topological polar surface area (TPSA) is 45.2 Å². The van der Waals surface area contributed by atoms with Gasteiger partial charge >= 0.3 is 0 Å². The summed E-state index contributed by atoms with van der Waals surface area (Å²) in [6.45, 7) is 2.66. The largest absolute Gasteiger partial charge is 0.335 e. The number of pyridine rings is 1. The number of carbonyl (C=O) groups is 1. The van der Waals surface area contributed by atoms with Crippen molar-refractivity contribution < 1.29 is 4.79 Å². The highest BCUT2D eigenvalue weighted by Gasteiger charge is 2.30. The average molecular weight is 349 g/mol. The van der Waals surface area contributed by atoms with Gasteiger partial charge in [-0.1, -0.05) is 30.3 Å². The van der Waals surface area contributed by atoms with Gasteiger partial charge in [-0.3, -0.25) is 9.78 Å². The van der Waals surface area contributed by atoms with Crippen molar-refractivity contribution in [3.8, 4) is 0 Å². The lowest BCUT2D eigenvalue weighted by Gasteiger charge is -2.35. The molecule has 26 heavy (non-hydrogen) atoms. The molecule has 1 aliphatic carbocycles. The molecule has 4 nitrogen and oxygen atoms in total. The van der Waals surface area contributed by atoms with Crippen molar-refractivity contribution in [3.05, 3.63) is 65.5 Å².